The van der Waals surface area contributed by atoms with Gasteiger partial charge in [-0.15, -0.1) is 0 Å². The number of halogens is 5. The van der Waals surface area contributed by atoms with Gasteiger partial charge >= 0.3 is 0 Å². The smallest absolute Gasteiger partial charge is 0.257 e. The summed E-state index contributed by atoms with van der Waals surface area (Å²) in [6, 6.07) is 0. The van der Waals surface area contributed by atoms with E-state index in [9.17, 15) is 26.7 Å². The van der Waals surface area contributed by atoms with Gasteiger partial charge in [0.15, 0.2) is 23.3 Å². The molecule has 3 nitrogen and oxygen atoms in total. The average Bonchev–Trinajstić information content (AvgIpc) is 2.42. The van der Waals surface area contributed by atoms with E-state index in [1.54, 1.807) is 13.8 Å². The highest BCUT2D eigenvalue weighted by Crippen LogP contribution is 2.24. The summed E-state index contributed by atoms with van der Waals surface area (Å²) >= 11 is 0. The van der Waals surface area contributed by atoms with E-state index >= 15 is 0 Å². The highest BCUT2D eigenvalue weighted by atomic mass is 19.2. The Morgan fingerprint density at radius 3 is 1.76 bits per heavy atom. The largest absolute Gasteiger partial charge is 0.345 e. The predicted molar refractivity (Wildman–Crippen MR) is 66.0 cm³/mol. The monoisotopic (exact) mass is 310 g/mol. The summed E-state index contributed by atoms with van der Waals surface area (Å²) in [7, 11) is 0. The van der Waals surface area contributed by atoms with Gasteiger partial charge in [0.05, 0.1) is 5.54 Å². The maximum absolute atomic E-state index is 13.5. The van der Waals surface area contributed by atoms with Crippen molar-refractivity contribution in [1.29, 1.82) is 0 Å². The molecule has 0 bridgehead atoms. The van der Waals surface area contributed by atoms with Crippen molar-refractivity contribution in [2.45, 2.75) is 26.3 Å². The van der Waals surface area contributed by atoms with Gasteiger partial charge in [0.2, 0.25) is 5.82 Å². The summed E-state index contributed by atoms with van der Waals surface area (Å²) in [5.74, 6) is -12.6. The van der Waals surface area contributed by atoms with Crippen molar-refractivity contribution in [1.82, 2.24) is 5.32 Å². The number of carbonyl (C=O) groups excluding carboxylic acids is 1. The van der Waals surface area contributed by atoms with Crippen LogP contribution < -0.4 is 11.1 Å². The minimum absolute atomic E-state index is 0.0776. The van der Waals surface area contributed by atoms with Crippen molar-refractivity contribution >= 4 is 5.91 Å². The Bertz CT molecular complexity index is 547. The number of hydrogen-bond acceptors (Lipinski definition) is 2. The van der Waals surface area contributed by atoms with E-state index in [1.165, 1.54) is 6.92 Å². The van der Waals surface area contributed by atoms with Crippen molar-refractivity contribution in [3.8, 4) is 0 Å². The first-order chi connectivity index (χ1) is 9.56. The van der Waals surface area contributed by atoms with Crippen LogP contribution in [0.15, 0.2) is 0 Å². The lowest BCUT2D eigenvalue weighted by molar-refractivity contribution is 0.0871. The molecule has 0 saturated carbocycles. The molecule has 0 radical (unpaired) electrons. The highest BCUT2D eigenvalue weighted by molar-refractivity contribution is 5.95. The molecule has 0 spiro atoms. The molecule has 0 aromatic heterocycles. The zero-order valence-corrected chi connectivity index (χ0v) is 11.7. The Morgan fingerprint density at radius 1 is 1.05 bits per heavy atom. The molecule has 1 unspecified atom stereocenters. The number of rotatable bonds is 4. The molecule has 8 heteroatoms. The van der Waals surface area contributed by atoms with Crippen LogP contribution >= 0.6 is 0 Å². The van der Waals surface area contributed by atoms with Gasteiger partial charge in [-0.2, -0.15) is 0 Å². The second kappa shape index (κ2) is 5.97. The molecule has 1 atom stereocenters. The van der Waals surface area contributed by atoms with Gasteiger partial charge in [-0.25, -0.2) is 22.0 Å². The van der Waals surface area contributed by atoms with Crippen LogP contribution in [0, 0.1) is 35.0 Å². The van der Waals surface area contributed by atoms with Crippen LogP contribution in [-0.4, -0.2) is 18.0 Å². The molecule has 0 fully saturated rings. The molecule has 0 aliphatic rings. The van der Waals surface area contributed by atoms with E-state index in [4.69, 9.17) is 5.73 Å². The van der Waals surface area contributed by atoms with E-state index in [2.05, 4.69) is 5.32 Å². The molecule has 1 amide bonds. The van der Waals surface area contributed by atoms with Gasteiger partial charge < -0.3 is 11.1 Å². The van der Waals surface area contributed by atoms with Gasteiger partial charge in [-0.05, 0) is 12.8 Å². The first-order valence-corrected chi connectivity index (χ1v) is 6.10. The second-order valence-corrected chi connectivity index (χ2v) is 5.18. The maximum atomic E-state index is 13.5. The normalized spacial score (nSPS) is 14.2. The summed E-state index contributed by atoms with van der Waals surface area (Å²) in [5.41, 5.74) is 2.90. The van der Waals surface area contributed by atoms with Crippen LogP contribution in [0.2, 0.25) is 0 Å². The second-order valence-electron chi connectivity index (χ2n) is 5.18. The third kappa shape index (κ3) is 2.99. The average molecular weight is 310 g/mol. The van der Waals surface area contributed by atoms with E-state index in [0.717, 1.165) is 0 Å². The Balaban J connectivity index is 3.33. The first kappa shape index (κ1) is 17.4. The topological polar surface area (TPSA) is 55.1 Å². The van der Waals surface area contributed by atoms with Gasteiger partial charge in [-0.3, -0.25) is 4.79 Å². The summed E-state index contributed by atoms with van der Waals surface area (Å²) in [6.07, 6.45) is 0. The molecule has 1 aromatic carbocycles. The van der Waals surface area contributed by atoms with Crippen LogP contribution in [0.1, 0.15) is 31.1 Å². The van der Waals surface area contributed by atoms with Crippen molar-refractivity contribution < 1.29 is 26.7 Å². The highest BCUT2D eigenvalue weighted by Gasteiger charge is 2.34. The third-order valence-corrected chi connectivity index (χ3v) is 3.53. The molecular formula is C13H15F5N2O. The van der Waals surface area contributed by atoms with Gasteiger partial charge in [0, 0.05) is 6.54 Å². The Hall–Kier alpha value is -1.70. The molecule has 1 rings (SSSR count). The van der Waals surface area contributed by atoms with Crippen LogP contribution in [-0.2, 0) is 0 Å². The Morgan fingerprint density at radius 2 is 1.43 bits per heavy atom. The number of benzene rings is 1. The zero-order valence-electron chi connectivity index (χ0n) is 11.7. The fraction of sp³-hybridized carbons (Fsp3) is 0.462. The summed E-state index contributed by atoms with van der Waals surface area (Å²) in [5, 5.41) is 2.21. The molecule has 0 saturated heterocycles. The lowest BCUT2D eigenvalue weighted by atomic mass is 9.88. The SMILES string of the molecule is CC(C)C(C)(CN)NC(=O)c1c(F)c(F)c(F)c(F)c1F. The van der Waals surface area contributed by atoms with Crippen molar-refractivity contribution in [3.05, 3.63) is 34.6 Å². The fourth-order valence-electron chi connectivity index (χ4n) is 1.56. The van der Waals surface area contributed by atoms with Crippen LogP contribution in [0.4, 0.5) is 22.0 Å². The summed E-state index contributed by atoms with van der Waals surface area (Å²) in [6.45, 7) is 4.80. The molecule has 0 aliphatic carbocycles. The lowest BCUT2D eigenvalue weighted by Gasteiger charge is -2.33. The van der Waals surface area contributed by atoms with Crippen molar-refractivity contribution in [3.63, 3.8) is 0 Å². The number of carbonyl (C=O) groups is 1. The van der Waals surface area contributed by atoms with E-state index < -0.39 is 46.1 Å². The summed E-state index contributed by atoms with van der Waals surface area (Å²) in [4.78, 5) is 11.9. The molecular weight excluding hydrogens is 295 g/mol. The number of nitrogens with one attached hydrogen (secondary N) is 1. The van der Waals surface area contributed by atoms with Gasteiger partial charge in [0.1, 0.15) is 5.56 Å². The molecule has 21 heavy (non-hydrogen) atoms. The molecule has 3 N–H and O–H groups in total. The minimum atomic E-state index is -2.31. The van der Waals surface area contributed by atoms with Crippen LogP contribution in [0.25, 0.3) is 0 Å². The van der Waals surface area contributed by atoms with Crippen LogP contribution in [0.3, 0.4) is 0 Å². The standard InChI is InChI=1S/C13H15F5N2O/c1-5(2)13(3,4-19)20-12(21)6-7(14)9(16)11(18)10(17)8(6)15/h5H,4,19H2,1-3H3,(H,20,21). The minimum Gasteiger partial charge on any atom is -0.345 e. The van der Waals surface area contributed by atoms with Crippen molar-refractivity contribution in [2.24, 2.45) is 11.7 Å². The third-order valence-electron chi connectivity index (χ3n) is 3.53. The van der Waals surface area contributed by atoms with Gasteiger partial charge in [-0.1, -0.05) is 13.8 Å². The van der Waals surface area contributed by atoms with E-state index in [0.29, 0.717) is 0 Å². The summed E-state index contributed by atoms with van der Waals surface area (Å²) < 4.78 is 66.1. The molecule has 0 heterocycles. The number of amides is 1. The molecule has 118 valence electrons. The quantitative estimate of drug-likeness (QED) is 0.510. The predicted octanol–water partition coefficient (Wildman–Crippen LogP) is 2.49. The Labute approximate surface area is 118 Å². The molecule has 0 aliphatic heterocycles. The lowest BCUT2D eigenvalue weighted by Crippen LogP contribution is -2.55. The Kier molecular flexibility index (Phi) is 4.93. The van der Waals surface area contributed by atoms with Crippen LogP contribution in [0.5, 0.6) is 0 Å². The van der Waals surface area contributed by atoms with Gasteiger partial charge in [0.25, 0.3) is 5.91 Å². The van der Waals surface area contributed by atoms with E-state index in [1.807, 2.05) is 0 Å². The fourth-order valence-corrected chi connectivity index (χ4v) is 1.56. The number of nitrogens with two attached hydrogens (primary N) is 1. The zero-order chi connectivity index (χ0) is 16.5. The molecule has 1 aromatic rings. The first-order valence-electron chi connectivity index (χ1n) is 6.10. The number of hydrogen-bond donors (Lipinski definition) is 2. The maximum Gasteiger partial charge on any atom is 0.257 e. The van der Waals surface area contributed by atoms with E-state index in [-0.39, 0.29) is 12.5 Å². The van der Waals surface area contributed by atoms with Crippen molar-refractivity contribution in [2.75, 3.05) is 6.54 Å².